The van der Waals surface area contributed by atoms with Crippen molar-refractivity contribution in [2.75, 3.05) is 0 Å². The summed E-state index contributed by atoms with van der Waals surface area (Å²) >= 11 is 0. The van der Waals surface area contributed by atoms with Crippen LogP contribution in [0.4, 0.5) is 4.79 Å². The molecule has 94 valence electrons. The number of terminal acetylenes is 1. The van der Waals surface area contributed by atoms with E-state index in [1.54, 1.807) is 4.90 Å². The molecule has 0 aromatic heterocycles. The van der Waals surface area contributed by atoms with Crippen LogP contribution in [0.15, 0.2) is 4.99 Å². The van der Waals surface area contributed by atoms with Gasteiger partial charge in [0.2, 0.25) is 0 Å². The second kappa shape index (κ2) is 5.22. The highest BCUT2D eigenvalue weighted by atomic mass is 16.2. The van der Waals surface area contributed by atoms with Crippen LogP contribution < -0.4 is 5.73 Å². The predicted molar refractivity (Wildman–Crippen MR) is 69.7 cm³/mol. The summed E-state index contributed by atoms with van der Waals surface area (Å²) < 4.78 is 0. The maximum atomic E-state index is 11.9. The van der Waals surface area contributed by atoms with Crippen molar-refractivity contribution >= 4 is 11.9 Å². The van der Waals surface area contributed by atoms with Crippen molar-refractivity contribution in [1.82, 2.24) is 4.90 Å². The van der Waals surface area contributed by atoms with Crippen molar-refractivity contribution in [2.24, 2.45) is 10.7 Å². The van der Waals surface area contributed by atoms with E-state index in [0.717, 1.165) is 25.7 Å². The molecular weight excluding hydrogens is 214 g/mol. The average molecular weight is 235 g/mol. The largest absolute Gasteiger partial charge is 0.385 e. The molecular formula is C13H21N3O. The SMILES string of the molecule is C#CC(C)N1C(=O)N=C(N)C1(CCC)CCC. The number of nitrogens with zero attached hydrogens (tertiary/aromatic N) is 2. The van der Waals surface area contributed by atoms with Crippen LogP contribution in [0.1, 0.15) is 46.5 Å². The Hall–Kier alpha value is -1.50. The van der Waals surface area contributed by atoms with Gasteiger partial charge in [-0.1, -0.05) is 32.6 Å². The summed E-state index contributed by atoms with van der Waals surface area (Å²) in [4.78, 5) is 17.5. The van der Waals surface area contributed by atoms with Crippen molar-refractivity contribution in [3.8, 4) is 12.3 Å². The molecule has 0 saturated carbocycles. The molecule has 1 atom stereocenters. The lowest BCUT2D eigenvalue weighted by atomic mass is 9.85. The highest BCUT2D eigenvalue weighted by molar-refractivity contribution is 6.06. The molecule has 2 N–H and O–H groups in total. The molecule has 4 nitrogen and oxygen atoms in total. The standard InChI is InChI=1S/C13H21N3O/c1-5-8-13(9-6-2)11(14)15-12(17)16(13)10(4)7-3/h3,10H,5-6,8-9H2,1-2,4H3,(H2,14,15,17). The molecule has 1 heterocycles. The highest BCUT2D eigenvalue weighted by Crippen LogP contribution is 2.34. The number of hydrogen-bond donors (Lipinski definition) is 1. The number of urea groups is 1. The third-order valence-electron chi connectivity index (χ3n) is 3.32. The third kappa shape index (κ3) is 2.14. The average Bonchev–Trinajstić information content (AvgIpc) is 2.51. The Morgan fingerprint density at radius 3 is 2.41 bits per heavy atom. The zero-order chi connectivity index (χ0) is 13.1. The first-order valence-corrected chi connectivity index (χ1v) is 6.17. The minimum absolute atomic E-state index is 0.273. The summed E-state index contributed by atoms with van der Waals surface area (Å²) in [6, 6.07) is -0.569. The number of rotatable bonds is 5. The van der Waals surface area contributed by atoms with E-state index in [4.69, 9.17) is 12.2 Å². The van der Waals surface area contributed by atoms with Crippen molar-refractivity contribution in [1.29, 1.82) is 0 Å². The van der Waals surface area contributed by atoms with Crippen LogP contribution in [-0.2, 0) is 0 Å². The predicted octanol–water partition coefficient (Wildman–Crippen LogP) is 2.14. The zero-order valence-corrected chi connectivity index (χ0v) is 10.9. The first-order valence-electron chi connectivity index (χ1n) is 6.17. The van der Waals surface area contributed by atoms with Crippen LogP contribution in [0.3, 0.4) is 0 Å². The van der Waals surface area contributed by atoms with E-state index in [0.29, 0.717) is 5.84 Å². The molecule has 0 aromatic carbocycles. The summed E-state index contributed by atoms with van der Waals surface area (Å²) in [7, 11) is 0. The quantitative estimate of drug-likeness (QED) is 0.742. The van der Waals surface area contributed by atoms with Crippen molar-refractivity contribution < 1.29 is 4.79 Å². The topological polar surface area (TPSA) is 58.7 Å². The van der Waals surface area contributed by atoms with Gasteiger partial charge < -0.3 is 5.73 Å². The molecule has 0 radical (unpaired) electrons. The van der Waals surface area contributed by atoms with Gasteiger partial charge >= 0.3 is 6.03 Å². The fourth-order valence-corrected chi connectivity index (χ4v) is 2.63. The lowest BCUT2D eigenvalue weighted by Crippen LogP contribution is -2.56. The van der Waals surface area contributed by atoms with E-state index < -0.39 is 5.54 Å². The summed E-state index contributed by atoms with van der Waals surface area (Å²) in [5.41, 5.74) is 5.51. The van der Waals surface area contributed by atoms with Gasteiger partial charge in [0.1, 0.15) is 11.4 Å². The monoisotopic (exact) mass is 235 g/mol. The Balaban J connectivity index is 3.16. The molecule has 0 aromatic rings. The minimum atomic E-state index is -0.466. The first kappa shape index (κ1) is 13.6. The van der Waals surface area contributed by atoms with E-state index in [2.05, 4.69) is 24.8 Å². The van der Waals surface area contributed by atoms with Crippen LogP contribution in [0.25, 0.3) is 0 Å². The van der Waals surface area contributed by atoms with Crippen LogP contribution >= 0.6 is 0 Å². The van der Waals surface area contributed by atoms with E-state index >= 15 is 0 Å². The molecule has 4 heteroatoms. The summed E-state index contributed by atoms with van der Waals surface area (Å²) in [6.45, 7) is 5.99. The third-order valence-corrected chi connectivity index (χ3v) is 3.32. The number of amides is 2. The van der Waals surface area contributed by atoms with Crippen LogP contribution in [0, 0.1) is 12.3 Å². The molecule has 0 bridgehead atoms. The van der Waals surface area contributed by atoms with Gasteiger partial charge in [-0.2, -0.15) is 4.99 Å². The van der Waals surface area contributed by atoms with Gasteiger partial charge in [-0.25, -0.2) is 4.79 Å². The van der Waals surface area contributed by atoms with Gasteiger partial charge in [0.25, 0.3) is 0 Å². The van der Waals surface area contributed by atoms with Crippen molar-refractivity contribution in [3.63, 3.8) is 0 Å². The van der Waals surface area contributed by atoms with Crippen LogP contribution in [0.2, 0.25) is 0 Å². The number of nitrogens with two attached hydrogens (primary N) is 1. The molecule has 0 spiro atoms. The second-order valence-corrected chi connectivity index (χ2v) is 4.52. The Morgan fingerprint density at radius 1 is 1.47 bits per heavy atom. The Morgan fingerprint density at radius 2 is 2.00 bits per heavy atom. The molecule has 17 heavy (non-hydrogen) atoms. The van der Waals surface area contributed by atoms with Gasteiger partial charge in [0, 0.05) is 0 Å². The van der Waals surface area contributed by atoms with Crippen LogP contribution in [-0.4, -0.2) is 28.3 Å². The molecule has 1 aliphatic heterocycles. The molecule has 0 fully saturated rings. The molecule has 0 aliphatic carbocycles. The maximum absolute atomic E-state index is 11.9. The van der Waals surface area contributed by atoms with Crippen molar-refractivity contribution in [2.45, 2.75) is 58.0 Å². The number of hydrogen-bond acceptors (Lipinski definition) is 2. The molecule has 1 unspecified atom stereocenters. The van der Waals surface area contributed by atoms with Gasteiger partial charge in [-0.15, -0.1) is 6.42 Å². The van der Waals surface area contributed by atoms with Crippen LogP contribution in [0.5, 0.6) is 0 Å². The summed E-state index contributed by atoms with van der Waals surface area (Å²) in [5.74, 6) is 3.03. The van der Waals surface area contributed by atoms with E-state index in [-0.39, 0.29) is 12.1 Å². The zero-order valence-electron chi connectivity index (χ0n) is 10.9. The van der Waals surface area contributed by atoms with Gasteiger partial charge in [0.15, 0.2) is 0 Å². The summed E-state index contributed by atoms with van der Waals surface area (Å²) in [5, 5.41) is 0. The number of carbonyl (C=O) groups is 1. The molecule has 0 saturated heterocycles. The Bertz CT molecular complexity index is 361. The first-order chi connectivity index (χ1) is 8.03. The number of carbonyl (C=O) groups excluding carboxylic acids is 1. The van der Waals surface area contributed by atoms with E-state index in [1.807, 2.05) is 6.92 Å². The van der Waals surface area contributed by atoms with Gasteiger partial charge in [0.05, 0.1) is 6.04 Å². The van der Waals surface area contributed by atoms with Crippen molar-refractivity contribution in [3.05, 3.63) is 0 Å². The molecule has 1 aliphatic rings. The fourth-order valence-electron chi connectivity index (χ4n) is 2.63. The van der Waals surface area contributed by atoms with E-state index in [9.17, 15) is 4.79 Å². The summed E-state index contributed by atoms with van der Waals surface area (Å²) in [6.07, 6.45) is 8.95. The molecule has 1 rings (SSSR count). The number of amidine groups is 1. The Labute approximate surface area is 103 Å². The lowest BCUT2D eigenvalue weighted by molar-refractivity contribution is 0.145. The molecule has 2 amide bonds. The maximum Gasteiger partial charge on any atom is 0.347 e. The van der Waals surface area contributed by atoms with E-state index in [1.165, 1.54) is 0 Å². The van der Waals surface area contributed by atoms with Gasteiger partial charge in [-0.05, 0) is 19.8 Å². The minimum Gasteiger partial charge on any atom is -0.385 e. The lowest BCUT2D eigenvalue weighted by Gasteiger charge is -2.40. The normalized spacial score (nSPS) is 20.0. The number of aliphatic imine (C=N–C) groups is 1. The Kier molecular flexibility index (Phi) is 4.17. The second-order valence-electron chi connectivity index (χ2n) is 4.52. The smallest absolute Gasteiger partial charge is 0.347 e. The highest BCUT2D eigenvalue weighted by Gasteiger charge is 2.48. The fraction of sp³-hybridized carbons (Fsp3) is 0.692. The van der Waals surface area contributed by atoms with Gasteiger partial charge in [-0.3, -0.25) is 4.90 Å².